The molecule has 0 fully saturated rings. The molecule has 0 atom stereocenters. The molecule has 0 aliphatic carbocycles. The van der Waals surface area contributed by atoms with Gasteiger partial charge in [-0.1, -0.05) is 0 Å². The molecule has 96 valence electrons. The molecule has 0 aliphatic rings. The summed E-state index contributed by atoms with van der Waals surface area (Å²) < 4.78 is 39.2. The molecule has 1 aromatic heterocycles. The minimum atomic E-state index is -3.84. The summed E-state index contributed by atoms with van der Waals surface area (Å²) in [5.74, 6) is -0.610. The highest BCUT2D eigenvalue weighted by Gasteiger charge is 2.16. The predicted molar refractivity (Wildman–Crippen MR) is 66.2 cm³/mol. The van der Waals surface area contributed by atoms with Crippen LogP contribution in [0.5, 0.6) is 0 Å². The van der Waals surface area contributed by atoms with Crippen LogP contribution in [0.15, 0.2) is 47.6 Å². The van der Waals surface area contributed by atoms with Gasteiger partial charge in [0.05, 0.1) is 11.3 Å². The van der Waals surface area contributed by atoms with Crippen LogP contribution in [0.1, 0.15) is 5.56 Å². The van der Waals surface area contributed by atoms with Gasteiger partial charge in [-0.2, -0.15) is 5.26 Å². The summed E-state index contributed by atoms with van der Waals surface area (Å²) in [5, 5.41) is 8.85. The second-order valence-electron chi connectivity index (χ2n) is 3.60. The highest BCUT2D eigenvalue weighted by Crippen LogP contribution is 2.20. The fraction of sp³-hybridized carbons (Fsp3) is 0. The van der Waals surface area contributed by atoms with E-state index in [0.29, 0.717) is 0 Å². The van der Waals surface area contributed by atoms with Crippen molar-refractivity contribution in [2.24, 2.45) is 0 Å². The van der Waals surface area contributed by atoms with Gasteiger partial charge in [0.25, 0.3) is 10.0 Å². The number of hydrogen-bond donors (Lipinski definition) is 1. The smallest absolute Gasteiger partial charge is 0.263 e. The molecule has 0 unspecified atom stereocenters. The van der Waals surface area contributed by atoms with Gasteiger partial charge in [-0.05, 0) is 30.3 Å². The number of nitrogens with zero attached hydrogens (tertiary/aromatic N) is 2. The number of aromatic nitrogens is 1. The molecule has 1 aromatic carbocycles. The summed E-state index contributed by atoms with van der Waals surface area (Å²) in [6, 6.07) is 7.80. The summed E-state index contributed by atoms with van der Waals surface area (Å²) in [7, 11) is -3.84. The normalized spacial score (nSPS) is 10.7. The van der Waals surface area contributed by atoms with Crippen molar-refractivity contribution in [1.82, 2.24) is 4.98 Å². The zero-order chi connectivity index (χ0) is 13.9. The van der Waals surface area contributed by atoms with E-state index in [4.69, 9.17) is 5.26 Å². The molecule has 0 radical (unpaired) electrons. The van der Waals surface area contributed by atoms with Gasteiger partial charge >= 0.3 is 0 Å². The molecule has 2 aromatic rings. The molecule has 5 nitrogen and oxygen atoms in total. The van der Waals surface area contributed by atoms with Crippen molar-refractivity contribution in [3.05, 3.63) is 54.1 Å². The third kappa shape index (κ3) is 2.86. The Balaban J connectivity index is 2.40. The van der Waals surface area contributed by atoms with Crippen molar-refractivity contribution in [3.63, 3.8) is 0 Å². The van der Waals surface area contributed by atoms with E-state index in [1.165, 1.54) is 30.6 Å². The van der Waals surface area contributed by atoms with E-state index < -0.39 is 15.8 Å². The number of nitriles is 1. The highest BCUT2D eigenvalue weighted by atomic mass is 32.2. The zero-order valence-corrected chi connectivity index (χ0v) is 10.4. The Bertz CT molecular complexity index is 739. The number of pyridine rings is 1. The minimum Gasteiger partial charge on any atom is -0.278 e. The van der Waals surface area contributed by atoms with Gasteiger partial charge in [0, 0.05) is 12.4 Å². The molecule has 0 saturated heterocycles. The summed E-state index contributed by atoms with van der Waals surface area (Å²) in [5.41, 5.74) is -0.0692. The van der Waals surface area contributed by atoms with Crippen LogP contribution in [-0.4, -0.2) is 13.4 Å². The van der Waals surface area contributed by atoms with Crippen molar-refractivity contribution in [1.29, 1.82) is 5.26 Å². The lowest BCUT2D eigenvalue weighted by Gasteiger charge is -2.08. The van der Waals surface area contributed by atoms with E-state index in [0.717, 1.165) is 12.1 Å². The van der Waals surface area contributed by atoms with E-state index in [2.05, 4.69) is 9.71 Å². The standard InChI is InChI=1S/C12H8FN3O2S/c13-10-3-4-12(9(6-10)7-14)16-19(17,18)11-2-1-5-15-8-11/h1-6,8,16H. The lowest BCUT2D eigenvalue weighted by Crippen LogP contribution is -2.14. The number of benzene rings is 1. The minimum absolute atomic E-state index is 0.0211. The first-order valence-corrected chi connectivity index (χ1v) is 6.64. The molecule has 0 bridgehead atoms. The molecule has 0 saturated carbocycles. The van der Waals surface area contributed by atoms with Crippen molar-refractivity contribution in [2.75, 3.05) is 4.72 Å². The van der Waals surface area contributed by atoms with E-state index in [9.17, 15) is 12.8 Å². The Kier molecular flexibility index (Phi) is 3.44. The van der Waals surface area contributed by atoms with Crippen molar-refractivity contribution < 1.29 is 12.8 Å². The molecular weight excluding hydrogens is 269 g/mol. The Labute approximate surface area is 109 Å². The Morgan fingerprint density at radius 2 is 2.11 bits per heavy atom. The van der Waals surface area contributed by atoms with Crippen molar-refractivity contribution in [2.45, 2.75) is 4.90 Å². The first-order chi connectivity index (χ1) is 9.03. The average molecular weight is 277 g/mol. The molecule has 0 amide bonds. The topological polar surface area (TPSA) is 82.9 Å². The Hall–Kier alpha value is -2.46. The van der Waals surface area contributed by atoms with Gasteiger partial charge in [0.2, 0.25) is 0 Å². The van der Waals surface area contributed by atoms with Crippen molar-refractivity contribution >= 4 is 15.7 Å². The largest absolute Gasteiger partial charge is 0.278 e. The van der Waals surface area contributed by atoms with Crippen LogP contribution in [0.3, 0.4) is 0 Å². The molecule has 0 spiro atoms. The number of hydrogen-bond acceptors (Lipinski definition) is 4. The first-order valence-electron chi connectivity index (χ1n) is 5.15. The maximum Gasteiger partial charge on any atom is 0.263 e. The third-order valence-corrected chi connectivity index (χ3v) is 3.64. The van der Waals surface area contributed by atoms with Gasteiger partial charge in [0.1, 0.15) is 16.8 Å². The number of anilines is 1. The molecule has 0 aliphatic heterocycles. The highest BCUT2D eigenvalue weighted by molar-refractivity contribution is 7.92. The van der Waals surface area contributed by atoms with Crippen LogP contribution in [0.4, 0.5) is 10.1 Å². The lowest BCUT2D eigenvalue weighted by molar-refractivity contribution is 0.600. The van der Waals surface area contributed by atoms with Gasteiger partial charge < -0.3 is 0 Å². The van der Waals surface area contributed by atoms with Gasteiger partial charge in [-0.15, -0.1) is 0 Å². The molecule has 2 rings (SSSR count). The number of rotatable bonds is 3. The summed E-state index contributed by atoms with van der Waals surface area (Å²) in [4.78, 5) is 3.67. The summed E-state index contributed by atoms with van der Waals surface area (Å²) >= 11 is 0. The van der Waals surface area contributed by atoms with Crippen LogP contribution in [0.25, 0.3) is 0 Å². The second-order valence-corrected chi connectivity index (χ2v) is 5.28. The molecule has 19 heavy (non-hydrogen) atoms. The lowest BCUT2D eigenvalue weighted by atomic mass is 10.2. The van der Waals surface area contributed by atoms with E-state index in [1.54, 1.807) is 6.07 Å². The Morgan fingerprint density at radius 1 is 1.32 bits per heavy atom. The van der Waals surface area contributed by atoms with Crippen LogP contribution in [-0.2, 0) is 10.0 Å². The maximum absolute atomic E-state index is 13.0. The predicted octanol–water partition coefficient (Wildman–Crippen LogP) is 1.89. The maximum atomic E-state index is 13.0. The number of sulfonamides is 1. The molecule has 1 N–H and O–H groups in total. The fourth-order valence-corrected chi connectivity index (χ4v) is 2.45. The van der Waals surface area contributed by atoms with Crippen LogP contribution >= 0.6 is 0 Å². The van der Waals surface area contributed by atoms with Gasteiger partial charge in [0.15, 0.2) is 0 Å². The molecule has 1 heterocycles. The zero-order valence-electron chi connectivity index (χ0n) is 9.54. The second kappa shape index (κ2) is 5.04. The van der Waals surface area contributed by atoms with E-state index in [1.807, 2.05) is 0 Å². The summed E-state index contributed by atoms with van der Waals surface area (Å²) in [6.07, 6.45) is 2.62. The number of halogens is 1. The van der Waals surface area contributed by atoms with Gasteiger partial charge in [-0.25, -0.2) is 12.8 Å². The van der Waals surface area contributed by atoms with Crippen LogP contribution in [0, 0.1) is 17.1 Å². The molecular formula is C12H8FN3O2S. The van der Waals surface area contributed by atoms with Gasteiger partial charge in [-0.3, -0.25) is 9.71 Å². The SMILES string of the molecule is N#Cc1cc(F)ccc1NS(=O)(=O)c1cccnc1. The van der Waals surface area contributed by atoms with Crippen molar-refractivity contribution in [3.8, 4) is 6.07 Å². The van der Waals surface area contributed by atoms with E-state index in [-0.39, 0.29) is 16.1 Å². The van der Waals surface area contributed by atoms with Crippen LogP contribution < -0.4 is 4.72 Å². The molecule has 7 heteroatoms. The third-order valence-electron chi connectivity index (χ3n) is 2.29. The fourth-order valence-electron chi connectivity index (χ4n) is 1.41. The number of nitrogens with one attached hydrogen (secondary N) is 1. The summed E-state index contributed by atoms with van der Waals surface area (Å²) in [6.45, 7) is 0. The van der Waals surface area contributed by atoms with Crippen LogP contribution in [0.2, 0.25) is 0 Å². The van der Waals surface area contributed by atoms with E-state index >= 15 is 0 Å². The quantitative estimate of drug-likeness (QED) is 0.928. The first kappa shape index (κ1) is 13.0. The monoisotopic (exact) mass is 277 g/mol. The Morgan fingerprint density at radius 3 is 2.74 bits per heavy atom. The average Bonchev–Trinajstić information content (AvgIpc) is 2.41.